The SMILES string of the molecule is CCCCNC(=O)C(C)N(Cc1ccc(Cl)c(Cl)c1)C(=O)CN(c1ccc(OC)cc1)S(C)(=O)=O. The van der Waals surface area contributed by atoms with Crippen LogP contribution in [0, 0.1) is 0 Å². The van der Waals surface area contributed by atoms with Crippen molar-refractivity contribution in [2.45, 2.75) is 39.3 Å². The molecule has 35 heavy (non-hydrogen) atoms. The van der Waals surface area contributed by atoms with Gasteiger partial charge in [0.2, 0.25) is 21.8 Å². The van der Waals surface area contributed by atoms with Crippen molar-refractivity contribution >= 4 is 50.7 Å². The van der Waals surface area contributed by atoms with Gasteiger partial charge in [-0.1, -0.05) is 42.6 Å². The van der Waals surface area contributed by atoms with Crippen LogP contribution in [0.4, 0.5) is 5.69 Å². The number of nitrogens with zero attached hydrogens (tertiary/aromatic N) is 2. The second kappa shape index (κ2) is 13.0. The summed E-state index contributed by atoms with van der Waals surface area (Å²) in [6.07, 6.45) is 2.74. The molecular formula is C24H31Cl2N3O5S. The molecule has 0 spiro atoms. The van der Waals surface area contributed by atoms with E-state index in [4.69, 9.17) is 27.9 Å². The van der Waals surface area contributed by atoms with Gasteiger partial charge in [0.05, 0.1) is 29.1 Å². The first-order valence-electron chi connectivity index (χ1n) is 11.1. The van der Waals surface area contributed by atoms with E-state index < -0.39 is 28.5 Å². The van der Waals surface area contributed by atoms with Gasteiger partial charge in [-0.3, -0.25) is 13.9 Å². The van der Waals surface area contributed by atoms with E-state index in [0.717, 1.165) is 23.4 Å². The lowest BCUT2D eigenvalue weighted by Gasteiger charge is -2.31. The van der Waals surface area contributed by atoms with Crippen LogP contribution in [-0.4, -0.2) is 57.6 Å². The van der Waals surface area contributed by atoms with E-state index in [1.165, 1.54) is 12.0 Å². The molecule has 0 aliphatic heterocycles. The van der Waals surface area contributed by atoms with Crippen LogP contribution in [0.3, 0.4) is 0 Å². The van der Waals surface area contributed by atoms with Crippen LogP contribution in [-0.2, 0) is 26.2 Å². The number of sulfonamides is 1. The first-order valence-corrected chi connectivity index (χ1v) is 13.7. The second-order valence-corrected chi connectivity index (χ2v) is 10.8. The Kier molecular flexibility index (Phi) is 10.7. The Hall–Kier alpha value is -2.49. The molecule has 2 amide bonds. The Balaban J connectivity index is 2.36. The van der Waals surface area contributed by atoms with Crippen molar-refractivity contribution in [1.29, 1.82) is 0 Å². The topological polar surface area (TPSA) is 96.0 Å². The van der Waals surface area contributed by atoms with E-state index in [0.29, 0.717) is 33.6 Å². The average Bonchev–Trinajstić information content (AvgIpc) is 2.82. The maximum absolute atomic E-state index is 13.5. The summed E-state index contributed by atoms with van der Waals surface area (Å²) in [6, 6.07) is 10.4. The predicted molar refractivity (Wildman–Crippen MR) is 140 cm³/mol. The number of hydrogen-bond acceptors (Lipinski definition) is 5. The van der Waals surface area contributed by atoms with Gasteiger partial charge in [-0.2, -0.15) is 0 Å². The third-order valence-electron chi connectivity index (χ3n) is 5.37. The van der Waals surface area contributed by atoms with Gasteiger partial charge >= 0.3 is 0 Å². The molecule has 1 N–H and O–H groups in total. The second-order valence-electron chi connectivity index (χ2n) is 8.06. The molecule has 0 heterocycles. The molecule has 8 nitrogen and oxygen atoms in total. The van der Waals surface area contributed by atoms with Gasteiger partial charge in [0.1, 0.15) is 18.3 Å². The summed E-state index contributed by atoms with van der Waals surface area (Å²) in [6.45, 7) is 3.65. The van der Waals surface area contributed by atoms with Gasteiger partial charge in [0.25, 0.3) is 0 Å². The number of carbonyl (C=O) groups is 2. The molecule has 0 radical (unpaired) electrons. The van der Waals surface area contributed by atoms with Gasteiger partial charge in [-0.15, -0.1) is 0 Å². The number of nitrogens with one attached hydrogen (secondary N) is 1. The van der Waals surface area contributed by atoms with Crippen LogP contribution < -0.4 is 14.4 Å². The highest BCUT2D eigenvalue weighted by molar-refractivity contribution is 7.92. The molecule has 0 fully saturated rings. The van der Waals surface area contributed by atoms with Crippen LogP contribution in [0.5, 0.6) is 5.75 Å². The molecule has 0 bridgehead atoms. The molecule has 1 atom stereocenters. The Morgan fingerprint density at radius 1 is 1.09 bits per heavy atom. The van der Waals surface area contributed by atoms with Gasteiger partial charge < -0.3 is 15.0 Å². The Bertz CT molecular complexity index is 1130. The number of ether oxygens (including phenoxy) is 1. The first kappa shape index (κ1) is 28.7. The zero-order valence-electron chi connectivity index (χ0n) is 20.3. The summed E-state index contributed by atoms with van der Waals surface area (Å²) in [7, 11) is -2.31. The lowest BCUT2D eigenvalue weighted by atomic mass is 10.1. The Labute approximate surface area is 217 Å². The molecule has 0 aliphatic carbocycles. The summed E-state index contributed by atoms with van der Waals surface area (Å²) in [5, 5.41) is 3.50. The summed E-state index contributed by atoms with van der Waals surface area (Å²) in [5.74, 6) is -0.329. The number of methoxy groups -OCH3 is 1. The van der Waals surface area contributed by atoms with Gasteiger partial charge in [-0.05, 0) is 55.3 Å². The normalized spacial score (nSPS) is 12.1. The number of benzene rings is 2. The quantitative estimate of drug-likeness (QED) is 0.406. The Morgan fingerprint density at radius 3 is 2.29 bits per heavy atom. The number of amides is 2. The molecule has 11 heteroatoms. The molecule has 0 saturated carbocycles. The number of hydrogen-bond donors (Lipinski definition) is 1. The number of anilines is 1. The van der Waals surface area contributed by atoms with E-state index in [1.807, 2.05) is 6.92 Å². The molecule has 2 aromatic carbocycles. The monoisotopic (exact) mass is 543 g/mol. The van der Waals surface area contributed by atoms with Crippen molar-refractivity contribution in [2.75, 3.05) is 30.8 Å². The number of unbranched alkanes of at least 4 members (excludes halogenated alkanes) is 1. The molecule has 2 aromatic rings. The highest BCUT2D eigenvalue weighted by atomic mass is 35.5. The smallest absolute Gasteiger partial charge is 0.244 e. The fraction of sp³-hybridized carbons (Fsp3) is 0.417. The van der Waals surface area contributed by atoms with Gasteiger partial charge in [0.15, 0.2) is 0 Å². The number of carbonyl (C=O) groups excluding carboxylic acids is 2. The third kappa shape index (κ3) is 8.30. The van der Waals surface area contributed by atoms with E-state index in [1.54, 1.807) is 49.4 Å². The van der Waals surface area contributed by atoms with E-state index >= 15 is 0 Å². The van der Waals surface area contributed by atoms with Crippen molar-refractivity contribution in [1.82, 2.24) is 10.2 Å². The minimum atomic E-state index is -3.81. The van der Waals surface area contributed by atoms with Crippen LogP contribution >= 0.6 is 23.2 Å². The molecule has 1 unspecified atom stereocenters. The maximum atomic E-state index is 13.5. The van der Waals surface area contributed by atoms with Crippen molar-refractivity contribution in [3.8, 4) is 5.75 Å². The Morgan fingerprint density at radius 2 is 1.74 bits per heavy atom. The van der Waals surface area contributed by atoms with Gasteiger partial charge in [-0.25, -0.2) is 8.42 Å². The van der Waals surface area contributed by atoms with E-state index in [-0.39, 0.29) is 12.5 Å². The minimum absolute atomic E-state index is 0.0400. The summed E-state index contributed by atoms with van der Waals surface area (Å²) >= 11 is 12.2. The zero-order valence-corrected chi connectivity index (χ0v) is 22.6. The van der Waals surface area contributed by atoms with E-state index in [2.05, 4.69) is 5.32 Å². The van der Waals surface area contributed by atoms with Crippen LogP contribution in [0.2, 0.25) is 10.0 Å². The molecule has 2 rings (SSSR count). The summed E-state index contributed by atoms with van der Waals surface area (Å²) in [4.78, 5) is 27.6. The average molecular weight is 545 g/mol. The van der Waals surface area contributed by atoms with Gasteiger partial charge in [0, 0.05) is 13.1 Å². The first-order chi connectivity index (χ1) is 16.5. The van der Waals surface area contributed by atoms with Crippen molar-refractivity contribution in [3.05, 3.63) is 58.1 Å². The molecule has 0 saturated heterocycles. The minimum Gasteiger partial charge on any atom is -0.497 e. The molecule has 0 aliphatic rings. The van der Waals surface area contributed by atoms with Crippen LogP contribution in [0.15, 0.2) is 42.5 Å². The fourth-order valence-corrected chi connectivity index (χ4v) is 4.49. The highest BCUT2D eigenvalue weighted by Crippen LogP contribution is 2.25. The van der Waals surface area contributed by atoms with Crippen molar-refractivity contribution in [2.24, 2.45) is 0 Å². The largest absolute Gasteiger partial charge is 0.497 e. The van der Waals surface area contributed by atoms with Crippen LogP contribution in [0.25, 0.3) is 0 Å². The van der Waals surface area contributed by atoms with Crippen molar-refractivity contribution < 1.29 is 22.7 Å². The summed E-state index contributed by atoms with van der Waals surface area (Å²) in [5.41, 5.74) is 0.951. The van der Waals surface area contributed by atoms with Crippen molar-refractivity contribution in [3.63, 3.8) is 0 Å². The van der Waals surface area contributed by atoms with Crippen LogP contribution in [0.1, 0.15) is 32.3 Å². The zero-order chi connectivity index (χ0) is 26.2. The third-order valence-corrected chi connectivity index (χ3v) is 7.25. The number of rotatable bonds is 12. The lowest BCUT2D eigenvalue weighted by molar-refractivity contribution is -0.139. The summed E-state index contributed by atoms with van der Waals surface area (Å²) < 4.78 is 31.3. The highest BCUT2D eigenvalue weighted by Gasteiger charge is 2.30. The molecular weight excluding hydrogens is 513 g/mol. The standard InChI is InChI=1S/C24H31Cl2N3O5S/c1-5-6-13-27-24(31)17(2)28(15-18-7-12-21(25)22(26)14-18)23(30)16-29(35(4,32)33)19-8-10-20(34-3)11-9-19/h7-12,14,17H,5-6,13,15-16H2,1-4H3,(H,27,31). The van der Waals surface area contributed by atoms with E-state index in [9.17, 15) is 18.0 Å². The number of halogens is 2. The maximum Gasteiger partial charge on any atom is 0.244 e. The molecule has 0 aromatic heterocycles. The molecule has 192 valence electrons. The predicted octanol–water partition coefficient (Wildman–Crippen LogP) is 4.10. The lowest BCUT2D eigenvalue weighted by Crippen LogP contribution is -2.51. The fourth-order valence-electron chi connectivity index (χ4n) is 3.32.